The third-order valence-corrected chi connectivity index (χ3v) is 12.6. The molecular formula is C44H58Cl3N4O23P2+. The number of H-pyrrole nitrogens is 2. The van der Waals surface area contributed by atoms with Gasteiger partial charge >= 0.3 is 45.4 Å². The number of nitrogens with one attached hydrogen (secondary N) is 2. The lowest BCUT2D eigenvalue weighted by Crippen LogP contribution is -2.43. The number of aromatic amines is 2. The highest BCUT2D eigenvalue weighted by Crippen LogP contribution is 2.51. The lowest BCUT2D eigenvalue weighted by atomic mass is 10.0. The van der Waals surface area contributed by atoms with Crippen molar-refractivity contribution in [3.8, 4) is 11.5 Å². The average molecular weight is 1180 g/mol. The van der Waals surface area contributed by atoms with Gasteiger partial charge in [-0.1, -0.05) is 40.9 Å². The van der Waals surface area contributed by atoms with Crippen LogP contribution < -0.4 is 31.5 Å². The molecule has 2 aliphatic rings. The number of nitrogens with zero attached hydrogens (tertiary/aromatic N) is 2. The van der Waals surface area contributed by atoms with E-state index in [0.29, 0.717) is 12.4 Å². The molecule has 422 valence electrons. The molecule has 4 heterocycles. The standard InChI is InChI=1S/C20H24ClN2O10P.C10H13ClN2O5.C10H12O5P.C4H8O3.ClH/c1-3-29-16(25)12-31-34(28,33-13-7-5-4-6-8-13)30-11-14-17(26)20(2,21)18(32-14)23-10-9-15(24)22-19(23)27;1-10(11)7(16)5(4-14)18-8(10)13-3-2-6(15)12-9(13)17;1-2-13-10(11)8-14-16(12)15-9-6-4-3-5-7-9;1-2-7-4(6)3-5;/h4-10,14,17-18,26H,3,11-12H2,1-2H3,(H,22,24,27);2-3,5,7-8,14,16H,4H2,1H3,(H,12,15,17);3-7H,2,8H2,1H3;5H,2-3H2,1H3;1H/q;;+1;;/t14-,17-,18-,20-,34?;5-,7-,8-,10-;;;/m11.../s1. The molecule has 2 aromatic carbocycles. The van der Waals surface area contributed by atoms with Crippen molar-refractivity contribution < 1.29 is 90.2 Å². The van der Waals surface area contributed by atoms with E-state index < -0.39 is 130 Å². The maximum absolute atomic E-state index is 13.2. The Morgan fingerprint density at radius 3 is 1.54 bits per heavy atom. The molecule has 0 aliphatic carbocycles. The summed E-state index contributed by atoms with van der Waals surface area (Å²) < 4.78 is 76.7. The summed E-state index contributed by atoms with van der Waals surface area (Å²) in [5, 5.41) is 37.6. The van der Waals surface area contributed by atoms with Crippen molar-refractivity contribution in [3.05, 3.63) is 127 Å². The smallest absolute Gasteiger partial charge is 0.464 e. The average Bonchev–Trinajstić information content (AvgIpc) is 3.74. The molecule has 0 radical (unpaired) electrons. The summed E-state index contributed by atoms with van der Waals surface area (Å²) in [6, 6.07) is 18.8. The topological polar surface area (TPSA) is 368 Å². The van der Waals surface area contributed by atoms with Gasteiger partial charge in [0.1, 0.15) is 46.5 Å². The lowest BCUT2D eigenvalue weighted by Gasteiger charge is -2.26. The first-order valence-corrected chi connectivity index (χ1v) is 25.6. The number of para-hydroxylation sites is 2. The predicted octanol–water partition coefficient (Wildman–Crippen LogP) is 2.63. The number of hydrogen-bond donors (Lipinski definition) is 6. The maximum Gasteiger partial charge on any atom is 0.750 e. The minimum Gasteiger partial charge on any atom is -0.464 e. The number of halogens is 3. The second-order valence-corrected chi connectivity index (χ2v) is 19.5. The molecule has 2 aliphatic heterocycles. The summed E-state index contributed by atoms with van der Waals surface area (Å²) in [4.78, 5) is 80.0. The van der Waals surface area contributed by atoms with Crippen molar-refractivity contribution in [1.82, 2.24) is 19.1 Å². The van der Waals surface area contributed by atoms with Crippen LogP contribution >= 0.6 is 51.7 Å². The van der Waals surface area contributed by atoms with Gasteiger partial charge in [0.2, 0.25) is 6.61 Å². The number of alkyl halides is 2. The number of hydrogen-bond acceptors (Lipinski definition) is 23. The number of ether oxygens (including phenoxy) is 5. The fourth-order valence-corrected chi connectivity index (χ4v) is 8.55. The fourth-order valence-electron chi connectivity index (χ4n) is 6.25. The first-order chi connectivity index (χ1) is 35.5. The monoisotopic (exact) mass is 1180 g/mol. The Hall–Kier alpha value is -5.35. The number of phosphoric acid groups is 1. The second kappa shape index (κ2) is 32.4. The van der Waals surface area contributed by atoms with E-state index in [-0.39, 0.29) is 38.0 Å². The summed E-state index contributed by atoms with van der Waals surface area (Å²) >= 11 is 12.6. The minimum absolute atomic E-state index is 0. The third-order valence-electron chi connectivity index (χ3n) is 9.78. The van der Waals surface area contributed by atoms with E-state index in [1.165, 1.54) is 38.4 Å². The fraction of sp³-hybridized carbons (Fsp3) is 0.477. The van der Waals surface area contributed by atoms with Crippen molar-refractivity contribution in [3.63, 3.8) is 0 Å². The number of benzene rings is 2. The molecule has 4 aromatic rings. The second-order valence-electron chi connectivity index (χ2n) is 15.4. The van der Waals surface area contributed by atoms with Crippen LogP contribution in [0.25, 0.3) is 0 Å². The van der Waals surface area contributed by atoms with E-state index in [0.717, 1.165) is 21.3 Å². The molecule has 2 saturated heterocycles. The largest absolute Gasteiger partial charge is 0.750 e. The summed E-state index contributed by atoms with van der Waals surface area (Å²) in [5.74, 6) is -1.36. The van der Waals surface area contributed by atoms with Gasteiger partial charge in [0, 0.05) is 29.1 Å². The van der Waals surface area contributed by atoms with Crippen molar-refractivity contribution >= 4 is 69.6 Å². The molecule has 32 heteroatoms. The molecule has 2 unspecified atom stereocenters. The first-order valence-electron chi connectivity index (χ1n) is 22.3. The summed E-state index contributed by atoms with van der Waals surface area (Å²) in [7, 11) is -6.75. The van der Waals surface area contributed by atoms with Crippen molar-refractivity contribution in [2.24, 2.45) is 0 Å². The maximum atomic E-state index is 13.2. The van der Waals surface area contributed by atoms with Crippen LogP contribution in [0.4, 0.5) is 0 Å². The number of aliphatic hydroxyl groups is 4. The van der Waals surface area contributed by atoms with Crippen molar-refractivity contribution in [1.29, 1.82) is 0 Å². The normalized spacial score (nSPS) is 23.2. The zero-order chi connectivity index (χ0) is 55.9. The highest BCUT2D eigenvalue weighted by atomic mass is 35.5. The van der Waals surface area contributed by atoms with Gasteiger partial charge in [0.05, 0.1) is 33.0 Å². The number of carbonyl (C=O) groups is 3. The predicted molar refractivity (Wildman–Crippen MR) is 270 cm³/mol. The Labute approximate surface area is 449 Å². The van der Waals surface area contributed by atoms with Crippen LogP contribution in [0.5, 0.6) is 11.5 Å². The Balaban J connectivity index is 0.000000395. The summed E-state index contributed by atoms with van der Waals surface area (Å²) in [5.41, 5.74) is -2.64. The SMILES string of the molecule is CCOC(=O)CO.CCOC(=O)COP(=O)(OC[C@H]1O[C@@H](n2ccc(=O)[nH]c2=O)[C@](C)(Cl)[C@@H]1O)Oc1ccccc1.CCOC(=O)CO[P+](=O)Oc1ccccc1.C[C@@]1(Cl)[C@H](O)[C@@H](CO)O[C@H]1n1ccc(=O)[nH]c1=O.Cl. The molecule has 0 bridgehead atoms. The highest BCUT2D eigenvalue weighted by molar-refractivity contribution is 7.49. The van der Waals surface area contributed by atoms with Gasteiger partial charge in [-0.05, 0) is 58.9 Å². The number of esters is 3. The third kappa shape index (κ3) is 20.5. The number of aliphatic hydroxyl groups excluding tert-OH is 4. The van der Waals surface area contributed by atoms with Crippen LogP contribution in [0.2, 0.25) is 0 Å². The summed E-state index contributed by atoms with van der Waals surface area (Å²) in [6.45, 7) is 6.01. The van der Waals surface area contributed by atoms with E-state index in [1.807, 2.05) is 0 Å². The quantitative estimate of drug-likeness (QED) is 0.0320. The number of carbonyl (C=O) groups excluding carboxylic acids is 3. The highest BCUT2D eigenvalue weighted by Gasteiger charge is 2.55. The molecule has 6 N–H and O–H groups in total. The molecule has 2 fully saturated rings. The van der Waals surface area contributed by atoms with E-state index in [4.69, 9.17) is 65.7 Å². The van der Waals surface area contributed by atoms with E-state index in [2.05, 4.69) is 24.0 Å². The lowest BCUT2D eigenvalue weighted by molar-refractivity contribution is -0.147. The molecule has 2 aromatic heterocycles. The number of phosphoric ester groups is 1. The first kappa shape index (κ1) is 66.8. The van der Waals surface area contributed by atoms with Gasteiger partial charge in [-0.15, -0.1) is 35.6 Å². The molecule has 0 saturated carbocycles. The molecule has 27 nitrogen and oxygen atoms in total. The molecule has 10 atom stereocenters. The van der Waals surface area contributed by atoms with Gasteiger partial charge in [-0.2, -0.15) is 0 Å². The summed E-state index contributed by atoms with van der Waals surface area (Å²) in [6.07, 6.45) is -4.34. The van der Waals surface area contributed by atoms with Crippen LogP contribution in [0.15, 0.2) is 104 Å². The van der Waals surface area contributed by atoms with Gasteiger partial charge in [-0.25, -0.2) is 33.1 Å². The van der Waals surface area contributed by atoms with Gasteiger partial charge in [0.25, 0.3) is 11.1 Å². The number of aromatic nitrogens is 4. The van der Waals surface area contributed by atoms with Crippen LogP contribution in [0.3, 0.4) is 0 Å². The van der Waals surface area contributed by atoms with Crippen molar-refractivity contribution in [2.45, 2.75) is 81.2 Å². The Morgan fingerprint density at radius 2 is 1.12 bits per heavy atom. The Morgan fingerprint density at radius 1 is 0.684 bits per heavy atom. The number of rotatable bonds is 20. The van der Waals surface area contributed by atoms with Gasteiger partial charge < -0.3 is 48.6 Å². The Bertz CT molecular complexity index is 2750. The Kier molecular flexibility index (Phi) is 28.5. The van der Waals surface area contributed by atoms with Gasteiger partial charge in [0.15, 0.2) is 24.8 Å². The van der Waals surface area contributed by atoms with Crippen LogP contribution in [-0.2, 0) is 60.8 Å². The van der Waals surface area contributed by atoms with Gasteiger partial charge in [-0.3, -0.25) is 37.7 Å². The zero-order valence-corrected chi connectivity index (χ0v) is 45.3. The molecule has 6 rings (SSSR count). The molecular weight excluding hydrogens is 1120 g/mol. The molecule has 0 spiro atoms. The van der Waals surface area contributed by atoms with E-state index in [9.17, 15) is 52.9 Å². The molecule has 0 amide bonds. The molecule has 76 heavy (non-hydrogen) atoms. The van der Waals surface area contributed by atoms with E-state index in [1.54, 1.807) is 69.3 Å². The van der Waals surface area contributed by atoms with E-state index >= 15 is 0 Å². The zero-order valence-electron chi connectivity index (χ0n) is 41.2. The minimum atomic E-state index is -4.40. The van der Waals surface area contributed by atoms with Crippen LogP contribution in [-0.4, -0.2) is 144 Å². The van der Waals surface area contributed by atoms with Crippen LogP contribution in [0, 0.1) is 0 Å². The van der Waals surface area contributed by atoms with Crippen molar-refractivity contribution in [2.75, 3.05) is 52.9 Å². The van der Waals surface area contributed by atoms with Crippen LogP contribution in [0.1, 0.15) is 47.1 Å².